The zero-order valence-corrected chi connectivity index (χ0v) is 7.56. The quantitative estimate of drug-likeness (QED) is 0.709. The third-order valence-electron chi connectivity index (χ3n) is 2.03. The highest BCUT2D eigenvalue weighted by molar-refractivity contribution is 4.80. The zero-order chi connectivity index (χ0) is 10.5. The smallest absolute Gasteiger partial charge is 0.389 e. The highest BCUT2D eigenvalue weighted by Gasteiger charge is 2.41. The van der Waals surface area contributed by atoms with E-state index in [-0.39, 0.29) is 6.42 Å². The molecule has 2 N–H and O–H groups in total. The van der Waals surface area contributed by atoms with E-state index in [4.69, 9.17) is 10.2 Å². The van der Waals surface area contributed by atoms with Gasteiger partial charge in [-0.15, -0.1) is 0 Å². The number of alkyl halides is 3. The molecule has 0 aliphatic carbocycles. The van der Waals surface area contributed by atoms with Gasteiger partial charge in [-0.25, -0.2) is 0 Å². The number of aliphatic hydroxyl groups is 2. The fourth-order valence-electron chi connectivity index (χ4n) is 1.36. The maximum Gasteiger partial charge on any atom is 0.389 e. The summed E-state index contributed by atoms with van der Waals surface area (Å²) in [6, 6.07) is 0. The Kier molecular flexibility index (Phi) is 4.70. The van der Waals surface area contributed by atoms with Crippen LogP contribution in [0.25, 0.3) is 0 Å². The number of rotatable bonds is 5. The maximum absolute atomic E-state index is 12.0. The molecule has 0 heterocycles. The summed E-state index contributed by atoms with van der Waals surface area (Å²) in [5, 5.41) is 17.6. The zero-order valence-electron chi connectivity index (χ0n) is 7.56. The Morgan fingerprint density at radius 1 is 1.08 bits per heavy atom. The van der Waals surface area contributed by atoms with E-state index < -0.39 is 31.2 Å². The molecule has 0 aromatic carbocycles. The van der Waals surface area contributed by atoms with Gasteiger partial charge in [0, 0.05) is 5.41 Å². The van der Waals surface area contributed by atoms with Crippen molar-refractivity contribution in [2.75, 3.05) is 13.2 Å². The molecule has 0 aliphatic heterocycles. The Labute approximate surface area is 75.4 Å². The highest BCUT2D eigenvalue weighted by Crippen LogP contribution is 2.36. The number of aliphatic hydroxyl groups excluding tert-OH is 2. The van der Waals surface area contributed by atoms with E-state index in [1.165, 1.54) is 0 Å². The predicted molar refractivity (Wildman–Crippen MR) is 42.2 cm³/mol. The first-order valence-electron chi connectivity index (χ1n) is 4.17. The minimum Gasteiger partial charge on any atom is -0.396 e. The van der Waals surface area contributed by atoms with Gasteiger partial charge in [-0.2, -0.15) is 13.2 Å². The van der Waals surface area contributed by atoms with E-state index in [1.807, 2.05) is 0 Å². The Balaban J connectivity index is 4.38. The van der Waals surface area contributed by atoms with E-state index in [9.17, 15) is 13.2 Å². The summed E-state index contributed by atoms with van der Waals surface area (Å²) in [6.45, 7) is 0.462. The van der Waals surface area contributed by atoms with Gasteiger partial charge in [0.15, 0.2) is 0 Å². The third-order valence-corrected chi connectivity index (χ3v) is 2.03. The molecule has 0 bridgehead atoms. The lowest BCUT2D eigenvalue weighted by molar-refractivity contribution is -0.171. The van der Waals surface area contributed by atoms with E-state index in [1.54, 1.807) is 6.92 Å². The van der Waals surface area contributed by atoms with Gasteiger partial charge in [0.1, 0.15) is 0 Å². The molecule has 2 nitrogen and oxygen atoms in total. The first-order valence-corrected chi connectivity index (χ1v) is 4.17. The molecule has 0 unspecified atom stereocenters. The van der Waals surface area contributed by atoms with E-state index in [2.05, 4.69) is 0 Å². The van der Waals surface area contributed by atoms with Gasteiger partial charge in [-0.1, -0.05) is 13.3 Å². The van der Waals surface area contributed by atoms with Crippen molar-refractivity contribution in [3.8, 4) is 0 Å². The summed E-state index contributed by atoms with van der Waals surface area (Å²) in [6.07, 6.45) is -4.77. The van der Waals surface area contributed by atoms with Gasteiger partial charge in [0.25, 0.3) is 0 Å². The molecule has 0 aromatic rings. The van der Waals surface area contributed by atoms with Gasteiger partial charge in [-0.05, 0) is 6.42 Å². The fourth-order valence-corrected chi connectivity index (χ4v) is 1.36. The van der Waals surface area contributed by atoms with Crippen molar-refractivity contribution in [1.82, 2.24) is 0 Å². The Morgan fingerprint density at radius 3 is 1.77 bits per heavy atom. The minimum atomic E-state index is -4.33. The van der Waals surface area contributed by atoms with Crippen molar-refractivity contribution in [2.24, 2.45) is 5.41 Å². The molecule has 0 spiro atoms. The lowest BCUT2D eigenvalue weighted by Crippen LogP contribution is -2.35. The van der Waals surface area contributed by atoms with Gasteiger partial charge in [0.2, 0.25) is 0 Å². The first-order chi connectivity index (χ1) is 5.89. The van der Waals surface area contributed by atoms with Gasteiger partial charge >= 0.3 is 6.18 Å². The SMILES string of the molecule is CCCC(CO)(CO)CC(F)(F)F. The molecule has 0 saturated carbocycles. The van der Waals surface area contributed by atoms with Crippen molar-refractivity contribution in [2.45, 2.75) is 32.4 Å². The topological polar surface area (TPSA) is 40.5 Å². The first kappa shape index (κ1) is 12.7. The average molecular weight is 200 g/mol. The summed E-state index contributed by atoms with van der Waals surface area (Å²) >= 11 is 0. The van der Waals surface area contributed by atoms with Gasteiger partial charge in [-0.3, -0.25) is 0 Å². The lowest BCUT2D eigenvalue weighted by atomic mass is 9.81. The van der Waals surface area contributed by atoms with Crippen LogP contribution in [0.5, 0.6) is 0 Å². The summed E-state index contributed by atoms with van der Waals surface area (Å²) in [7, 11) is 0. The number of halogens is 3. The van der Waals surface area contributed by atoms with E-state index in [0.29, 0.717) is 6.42 Å². The largest absolute Gasteiger partial charge is 0.396 e. The number of hydrogen-bond acceptors (Lipinski definition) is 2. The summed E-state index contributed by atoms with van der Waals surface area (Å²) in [4.78, 5) is 0. The monoisotopic (exact) mass is 200 g/mol. The molecule has 0 amide bonds. The normalized spacial score (nSPS) is 13.4. The van der Waals surface area contributed by atoms with Crippen LogP contribution in [0.4, 0.5) is 13.2 Å². The van der Waals surface area contributed by atoms with Crippen LogP contribution in [0, 0.1) is 5.41 Å². The Morgan fingerprint density at radius 2 is 1.54 bits per heavy atom. The Bertz CT molecular complexity index is 141. The molecule has 0 rings (SSSR count). The van der Waals surface area contributed by atoms with Gasteiger partial charge < -0.3 is 10.2 Å². The standard InChI is InChI=1S/C8H15F3O2/c1-2-3-7(5-12,6-13)4-8(9,10)11/h12-13H,2-6H2,1H3. The summed E-state index contributed by atoms with van der Waals surface area (Å²) in [5.74, 6) is 0. The highest BCUT2D eigenvalue weighted by atomic mass is 19.4. The predicted octanol–water partition coefficient (Wildman–Crippen LogP) is 1.71. The van der Waals surface area contributed by atoms with Crippen molar-refractivity contribution in [3.05, 3.63) is 0 Å². The van der Waals surface area contributed by atoms with Crippen LogP contribution in [0.3, 0.4) is 0 Å². The van der Waals surface area contributed by atoms with Crippen LogP contribution < -0.4 is 0 Å². The van der Waals surface area contributed by atoms with Crippen LogP contribution in [0.15, 0.2) is 0 Å². The molecule has 0 saturated heterocycles. The van der Waals surface area contributed by atoms with Crippen LogP contribution >= 0.6 is 0 Å². The molecule has 5 heteroatoms. The molecule has 13 heavy (non-hydrogen) atoms. The molecule has 80 valence electrons. The maximum atomic E-state index is 12.0. The Hall–Kier alpha value is -0.290. The molecular formula is C8H15F3O2. The molecule has 0 atom stereocenters. The fraction of sp³-hybridized carbons (Fsp3) is 1.00. The van der Waals surface area contributed by atoms with Crippen molar-refractivity contribution < 1.29 is 23.4 Å². The van der Waals surface area contributed by atoms with Crippen LogP contribution in [0.2, 0.25) is 0 Å². The second kappa shape index (κ2) is 4.81. The average Bonchev–Trinajstić information content (AvgIpc) is 2.01. The second-order valence-corrected chi connectivity index (χ2v) is 3.36. The molecule has 0 aromatic heterocycles. The van der Waals surface area contributed by atoms with Crippen molar-refractivity contribution >= 4 is 0 Å². The van der Waals surface area contributed by atoms with Crippen molar-refractivity contribution in [3.63, 3.8) is 0 Å². The lowest BCUT2D eigenvalue weighted by Gasteiger charge is -2.30. The second-order valence-electron chi connectivity index (χ2n) is 3.36. The number of hydrogen-bond donors (Lipinski definition) is 2. The van der Waals surface area contributed by atoms with Crippen molar-refractivity contribution in [1.29, 1.82) is 0 Å². The van der Waals surface area contributed by atoms with Crippen LogP contribution in [0.1, 0.15) is 26.2 Å². The summed E-state index contributed by atoms with van der Waals surface area (Å²) < 4.78 is 36.1. The molecular weight excluding hydrogens is 185 g/mol. The van der Waals surface area contributed by atoms with E-state index >= 15 is 0 Å². The molecule has 0 fully saturated rings. The third kappa shape index (κ3) is 4.47. The van der Waals surface area contributed by atoms with E-state index in [0.717, 1.165) is 0 Å². The van der Waals surface area contributed by atoms with Crippen LogP contribution in [-0.2, 0) is 0 Å². The molecule has 0 aliphatic rings. The van der Waals surface area contributed by atoms with Crippen LogP contribution in [-0.4, -0.2) is 29.6 Å². The minimum absolute atomic E-state index is 0.180. The van der Waals surface area contributed by atoms with Gasteiger partial charge in [0.05, 0.1) is 19.6 Å². The molecule has 0 radical (unpaired) electrons. The summed E-state index contributed by atoms with van der Waals surface area (Å²) in [5.41, 5.74) is -1.40.